The van der Waals surface area contributed by atoms with Crippen LogP contribution < -0.4 is 10.5 Å². The van der Waals surface area contributed by atoms with Gasteiger partial charge >= 0.3 is 0 Å². The fourth-order valence-corrected chi connectivity index (χ4v) is 2.57. The summed E-state index contributed by atoms with van der Waals surface area (Å²) in [5.41, 5.74) is 7.85. The van der Waals surface area contributed by atoms with Crippen LogP contribution in [0.3, 0.4) is 0 Å². The Labute approximate surface area is 115 Å². The Morgan fingerprint density at radius 3 is 2.84 bits per heavy atom. The van der Waals surface area contributed by atoms with Crippen molar-refractivity contribution in [3.8, 4) is 5.75 Å². The van der Waals surface area contributed by atoms with Crippen molar-refractivity contribution in [1.82, 2.24) is 0 Å². The molecule has 2 N–H and O–H groups in total. The Balaban J connectivity index is 1.95. The van der Waals surface area contributed by atoms with Crippen LogP contribution in [0.4, 0.5) is 4.39 Å². The molecule has 0 radical (unpaired) electrons. The van der Waals surface area contributed by atoms with Crippen molar-refractivity contribution in [2.75, 3.05) is 0 Å². The van der Waals surface area contributed by atoms with Gasteiger partial charge in [-0.15, -0.1) is 0 Å². The van der Waals surface area contributed by atoms with Crippen molar-refractivity contribution in [1.29, 1.82) is 0 Å². The summed E-state index contributed by atoms with van der Waals surface area (Å²) in [6, 6.07) is 11.7. The van der Waals surface area contributed by atoms with Gasteiger partial charge in [0.25, 0.3) is 0 Å². The highest BCUT2D eigenvalue weighted by Gasteiger charge is 2.27. The second-order valence-electron chi connectivity index (χ2n) is 4.69. The van der Waals surface area contributed by atoms with Gasteiger partial charge in [-0.05, 0) is 35.9 Å². The van der Waals surface area contributed by atoms with E-state index < -0.39 is 0 Å². The molecule has 0 saturated carbocycles. The van der Waals surface area contributed by atoms with Crippen molar-refractivity contribution >= 4 is 11.6 Å². The third kappa shape index (κ3) is 2.44. The van der Waals surface area contributed by atoms with E-state index in [1.54, 1.807) is 12.1 Å². The Kier molecular flexibility index (Phi) is 3.17. The van der Waals surface area contributed by atoms with Crippen molar-refractivity contribution in [3.05, 3.63) is 64.4 Å². The van der Waals surface area contributed by atoms with Gasteiger partial charge < -0.3 is 10.5 Å². The quantitative estimate of drug-likeness (QED) is 0.855. The molecule has 2 atom stereocenters. The monoisotopic (exact) mass is 277 g/mol. The van der Waals surface area contributed by atoms with Crippen molar-refractivity contribution in [3.63, 3.8) is 0 Å². The molecule has 0 spiro atoms. The normalized spacial score (nSPS) is 21.6. The Bertz CT molecular complexity index is 617. The highest BCUT2D eigenvalue weighted by atomic mass is 35.5. The average molecular weight is 278 g/mol. The van der Waals surface area contributed by atoms with Gasteiger partial charge in [-0.1, -0.05) is 23.7 Å². The Morgan fingerprint density at radius 2 is 2.05 bits per heavy atom. The topological polar surface area (TPSA) is 35.2 Å². The molecule has 19 heavy (non-hydrogen) atoms. The molecule has 1 unspecified atom stereocenters. The van der Waals surface area contributed by atoms with Crippen LogP contribution in [-0.4, -0.2) is 0 Å². The lowest BCUT2D eigenvalue weighted by molar-refractivity contribution is 0.161. The Hall–Kier alpha value is -1.58. The van der Waals surface area contributed by atoms with Gasteiger partial charge in [0, 0.05) is 23.0 Å². The molecule has 1 heterocycles. The minimum Gasteiger partial charge on any atom is -0.485 e. The molecular formula is C15H13ClFNO. The van der Waals surface area contributed by atoms with Crippen LogP contribution >= 0.6 is 11.6 Å². The van der Waals surface area contributed by atoms with Gasteiger partial charge in [0.2, 0.25) is 0 Å². The zero-order valence-electron chi connectivity index (χ0n) is 10.1. The summed E-state index contributed by atoms with van der Waals surface area (Å²) < 4.78 is 19.2. The average Bonchev–Trinajstić information content (AvgIpc) is 2.39. The maximum absolute atomic E-state index is 13.3. The summed E-state index contributed by atoms with van der Waals surface area (Å²) in [6.07, 6.45) is 0.385. The SMILES string of the molecule is N[C@@H]1CC(c2cccc(F)c2)Oc2ccc(Cl)cc21. The van der Waals surface area contributed by atoms with Gasteiger partial charge in [0.1, 0.15) is 17.7 Å². The number of benzene rings is 2. The number of nitrogens with two attached hydrogens (primary N) is 1. The van der Waals surface area contributed by atoms with Crippen molar-refractivity contribution in [2.45, 2.75) is 18.6 Å². The summed E-state index contributed by atoms with van der Waals surface area (Å²) >= 11 is 5.96. The Morgan fingerprint density at radius 1 is 1.21 bits per heavy atom. The van der Waals surface area contributed by atoms with E-state index in [1.165, 1.54) is 12.1 Å². The highest BCUT2D eigenvalue weighted by molar-refractivity contribution is 6.30. The number of rotatable bonds is 1. The van der Waals surface area contributed by atoms with Crippen LogP contribution in [0.25, 0.3) is 0 Å². The van der Waals surface area contributed by atoms with Crippen LogP contribution in [-0.2, 0) is 0 Å². The summed E-state index contributed by atoms with van der Waals surface area (Å²) in [5, 5.41) is 0.641. The predicted molar refractivity (Wildman–Crippen MR) is 72.8 cm³/mol. The molecule has 2 aromatic carbocycles. The van der Waals surface area contributed by atoms with E-state index in [4.69, 9.17) is 22.1 Å². The molecule has 0 saturated heterocycles. The molecular weight excluding hydrogens is 265 g/mol. The van der Waals surface area contributed by atoms with E-state index >= 15 is 0 Å². The molecule has 0 bridgehead atoms. The fourth-order valence-electron chi connectivity index (χ4n) is 2.39. The van der Waals surface area contributed by atoms with Crippen LogP contribution in [0.2, 0.25) is 5.02 Å². The fraction of sp³-hybridized carbons (Fsp3) is 0.200. The molecule has 1 aliphatic heterocycles. The molecule has 98 valence electrons. The smallest absolute Gasteiger partial charge is 0.126 e. The lowest BCUT2D eigenvalue weighted by atomic mass is 9.93. The minimum atomic E-state index is -0.267. The first-order valence-electron chi connectivity index (χ1n) is 6.10. The molecule has 0 aromatic heterocycles. The number of fused-ring (bicyclic) bond motifs is 1. The van der Waals surface area contributed by atoms with Crippen molar-refractivity contribution < 1.29 is 9.13 Å². The third-order valence-electron chi connectivity index (χ3n) is 3.33. The van der Waals surface area contributed by atoms with E-state index in [1.807, 2.05) is 18.2 Å². The number of hydrogen-bond donors (Lipinski definition) is 1. The maximum Gasteiger partial charge on any atom is 0.126 e. The van der Waals surface area contributed by atoms with Crippen LogP contribution in [0.5, 0.6) is 5.75 Å². The van der Waals surface area contributed by atoms with Gasteiger partial charge in [0.05, 0.1) is 0 Å². The van der Waals surface area contributed by atoms with Crippen molar-refractivity contribution in [2.24, 2.45) is 5.73 Å². The van der Waals surface area contributed by atoms with Crippen LogP contribution in [0, 0.1) is 5.82 Å². The molecule has 1 aliphatic rings. The highest BCUT2D eigenvalue weighted by Crippen LogP contribution is 2.40. The molecule has 2 nitrogen and oxygen atoms in total. The summed E-state index contributed by atoms with van der Waals surface area (Å²) in [7, 11) is 0. The van der Waals surface area contributed by atoms with Gasteiger partial charge in [0.15, 0.2) is 0 Å². The second-order valence-corrected chi connectivity index (χ2v) is 5.12. The van der Waals surface area contributed by atoms with E-state index in [2.05, 4.69) is 0 Å². The summed E-state index contributed by atoms with van der Waals surface area (Å²) in [5.74, 6) is 0.453. The van der Waals surface area contributed by atoms with Gasteiger partial charge in [-0.2, -0.15) is 0 Å². The second kappa shape index (κ2) is 4.83. The molecule has 0 aliphatic carbocycles. The van der Waals surface area contributed by atoms with Crippen LogP contribution in [0.15, 0.2) is 42.5 Å². The zero-order chi connectivity index (χ0) is 13.4. The van der Waals surface area contributed by atoms with Gasteiger partial charge in [-0.3, -0.25) is 0 Å². The first-order chi connectivity index (χ1) is 9.13. The summed E-state index contributed by atoms with van der Waals surface area (Å²) in [4.78, 5) is 0. The lowest BCUT2D eigenvalue weighted by Crippen LogP contribution is -2.24. The van der Waals surface area contributed by atoms with E-state index in [9.17, 15) is 4.39 Å². The molecule has 0 amide bonds. The lowest BCUT2D eigenvalue weighted by Gasteiger charge is -2.30. The third-order valence-corrected chi connectivity index (χ3v) is 3.56. The first-order valence-corrected chi connectivity index (χ1v) is 6.48. The molecule has 0 fully saturated rings. The number of halogens is 2. The van der Waals surface area contributed by atoms with E-state index in [0.717, 1.165) is 16.9 Å². The minimum absolute atomic E-state index is 0.157. The molecule has 4 heteroatoms. The molecule has 2 aromatic rings. The standard InChI is InChI=1S/C15H13ClFNO/c16-10-4-5-14-12(7-10)13(18)8-15(19-14)9-2-1-3-11(17)6-9/h1-7,13,15H,8,18H2/t13-,15?/m1/s1. The van der Waals surface area contributed by atoms with Gasteiger partial charge in [-0.25, -0.2) is 4.39 Å². The summed E-state index contributed by atoms with van der Waals surface area (Å²) in [6.45, 7) is 0. The molecule has 3 rings (SSSR count). The largest absolute Gasteiger partial charge is 0.485 e. The number of ether oxygens (including phenoxy) is 1. The predicted octanol–water partition coefficient (Wildman–Crippen LogP) is 4.00. The maximum atomic E-state index is 13.3. The van der Waals surface area contributed by atoms with Crippen LogP contribution in [0.1, 0.15) is 29.7 Å². The zero-order valence-corrected chi connectivity index (χ0v) is 10.9. The first kappa shape index (κ1) is 12.5. The van der Waals surface area contributed by atoms with E-state index in [-0.39, 0.29) is 18.0 Å². The number of hydrogen-bond acceptors (Lipinski definition) is 2. The van der Waals surface area contributed by atoms with E-state index in [0.29, 0.717) is 11.4 Å².